The highest BCUT2D eigenvalue weighted by atomic mass is 15.0. The minimum Gasteiger partial charge on any atom is -0.314 e. The van der Waals surface area contributed by atoms with Gasteiger partial charge in [-0.1, -0.05) is 121 Å². The number of benzene rings is 9. The average molecular weight is 717 g/mol. The van der Waals surface area contributed by atoms with E-state index in [9.17, 15) is 0 Å². The molecule has 0 bridgehead atoms. The minimum absolute atomic E-state index is 1.19. The highest BCUT2D eigenvalue weighted by Crippen LogP contribution is 2.48. The number of hydrogen-bond donors (Lipinski definition) is 0. The molecule has 0 aliphatic heterocycles. The molecule has 0 fully saturated rings. The van der Waals surface area contributed by atoms with Crippen molar-refractivity contribution < 1.29 is 0 Å². The van der Waals surface area contributed by atoms with E-state index in [4.69, 9.17) is 0 Å². The summed E-state index contributed by atoms with van der Waals surface area (Å²) in [5, 5.41) is 12.6. The van der Waals surface area contributed by atoms with Gasteiger partial charge in [0.2, 0.25) is 0 Å². The van der Waals surface area contributed by atoms with Gasteiger partial charge in [0.15, 0.2) is 0 Å². The Morgan fingerprint density at radius 1 is 0.304 bits per heavy atom. The van der Waals surface area contributed by atoms with Crippen LogP contribution in [0.2, 0.25) is 0 Å². The Morgan fingerprint density at radius 3 is 1.07 bits per heavy atom. The summed E-state index contributed by atoms with van der Waals surface area (Å²) >= 11 is 0. The predicted molar refractivity (Wildman–Crippen MR) is 240 cm³/mol. The van der Waals surface area contributed by atoms with Crippen molar-refractivity contribution in [2.24, 2.45) is 0 Å². The predicted octanol–water partition coefficient (Wildman–Crippen LogP) is 14.8. The normalized spacial score (nSPS) is 11.9. The first-order valence-corrected chi connectivity index (χ1v) is 19.6. The third kappa shape index (κ3) is 4.75. The van der Waals surface area contributed by atoms with Gasteiger partial charge in [-0.3, -0.25) is 0 Å². The molecule has 0 saturated carbocycles. The summed E-state index contributed by atoms with van der Waals surface area (Å²) < 4.78 is 4.94. The van der Waals surface area contributed by atoms with E-state index in [0.717, 1.165) is 0 Å². The SMILES string of the molecule is Cc1c(C)n(-c2ccc3ccccc3c2)c2cc3c(-c4ccccc4)c4cc5c(C)c(C)n(-c6ccc7ccccc7c6)c5cc4c(-c4ccccc4)c3cc12. The van der Waals surface area contributed by atoms with Crippen molar-refractivity contribution in [1.29, 1.82) is 0 Å². The van der Waals surface area contributed by atoms with Gasteiger partial charge in [0.25, 0.3) is 0 Å². The fraction of sp³-hybridized carbons (Fsp3) is 0.0741. The van der Waals surface area contributed by atoms with Crippen LogP contribution in [-0.2, 0) is 0 Å². The lowest BCUT2D eigenvalue weighted by Crippen LogP contribution is -1.98. The molecule has 0 aliphatic rings. The third-order valence-electron chi connectivity index (χ3n) is 12.5. The molecule has 2 heteroatoms. The van der Waals surface area contributed by atoms with Crippen LogP contribution < -0.4 is 0 Å². The molecule has 11 aromatic rings. The minimum atomic E-state index is 1.19. The zero-order chi connectivity index (χ0) is 37.7. The molecule has 0 atom stereocenters. The van der Waals surface area contributed by atoms with E-state index in [1.165, 1.54) is 121 Å². The van der Waals surface area contributed by atoms with Crippen LogP contribution in [0.4, 0.5) is 0 Å². The van der Waals surface area contributed by atoms with E-state index in [1.54, 1.807) is 0 Å². The van der Waals surface area contributed by atoms with Crippen LogP contribution in [0.1, 0.15) is 22.5 Å². The third-order valence-corrected chi connectivity index (χ3v) is 12.5. The number of rotatable bonds is 4. The molecule has 0 unspecified atom stereocenters. The number of aryl methyl sites for hydroxylation is 2. The first-order chi connectivity index (χ1) is 27.4. The fourth-order valence-electron chi connectivity index (χ4n) is 9.48. The van der Waals surface area contributed by atoms with E-state index in [-0.39, 0.29) is 0 Å². The lowest BCUT2D eigenvalue weighted by atomic mass is 9.84. The van der Waals surface area contributed by atoms with Crippen LogP contribution >= 0.6 is 0 Å². The van der Waals surface area contributed by atoms with Crippen LogP contribution in [0.3, 0.4) is 0 Å². The molecule has 2 heterocycles. The van der Waals surface area contributed by atoms with E-state index in [0.29, 0.717) is 0 Å². The van der Waals surface area contributed by atoms with Gasteiger partial charge in [0, 0.05) is 33.5 Å². The Bertz CT molecular complexity index is 3150. The maximum atomic E-state index is 2.49. The summed E-state index contributed by atoms with van der Waals surface area (Å²) in [6, 6.07) is 63.0. The van der Waals surface area contributed by atoms with E-state index in [2.05, 4.69) is 207 Å². The second-order valence-corrected chi connectivity index (χ2v) is 15.5. The largest absolute Gasteiger partial charge is 0.314 e. The first kappa shape index (κ1) is 32.5. The van der Waals surface area contributed by atoms with Gasteiger partial charge in [0.1, 0.15) is 0 Å². The summed E-state index contributed by atoms with van der Waals surface area (Å²) in [6.07, 6.45) is 0. The molecule has 0 amide bonds. The summed E-state index contributed by atoms with van der Waals surface area (Å²) in [6.45, 7) is 9.11. The van der Waals surface area contributed by atoms with Crippen molar-refractivity contribution in [1.82, 2.24) is 9.13 Å². The highest BCUT2D eigenvalue weighted by molar-refractivity contribution is 6.25. The number of aromatic nitrogens is 2. The summed E-state index contributed by atoms with van der Waals surface area (Å²) in [5.74, 6) is 0. The quantitative estimate of drug-likeness (QED) is 0.161. The van der Waals surface area contributed by atoms with Crippen molar-refractivity contribution in [2.75, 3.05) is 0 Å². The fourth-order valence-corrected chi connectivity index (χ4v) is 9.48. The van der Waals surface area contributed by atoms with Gasteiger partial charge in [-0.15, -0.1) is 0 Å². The van der Waals surface area contributed by atoms with Gasteiger partial charge < -0.3 is 9.13 Å². The molecule has 0 saturated heterocycles. The van der Waals surface area contributed by atoms with Gasteiger partial charge in [-0.05, 0) is 153 Å². The van der Waals surface area contributed by atoms with Crippen LogP contribution in [0.25, 0.3) is 98.5 Å². The molecule has 0 radical (unpaired) electrons. The first-order valence-electron chi connectivity index (χ1n) is 19.6. The molecular weight excluding hydrogens is 677 g/mol. The molecular formula is C54H40N2. The number of fused-ring (bicyclic) bond motifs is 6. The number of nitrogens with zero attached hydrogens (tertiary/aromatic N) is 2. The standard InChI is InChI=1S/C54H40N2/c1-33-35(3)55(43-25-23-37-15-11-13-21-41(37)27-43)51-31-49-47(29-45(33)51)53(39-17-7-5-8-18-39)50-32-52-46(30-48(50)54(49)40-19-9-6-10-20-40)34(2)36(4)56(52)44-26-24-38-16-12-14-22-42(38)28-44/h5-32H,1-4H3. The Hall–Kier alpha value is -6.90. The van der Waals surface area contributed by atoms with Crippen molar-refractivity contribution in [2.45, 2.75) is 27.7 Å². The van der Waals surface area contributed by atoms with Gasteiger partial charge in [-0.2, -0.15) is 0 Å². The second kappa shape index (κ2) is 12.3. The Morgan fingerprint density at radius 2 is 0.661 bits per heavy atom. The zero-order valence-electron chi connectivity index (χ0n) is 32.1. The second-order valence-electron chi connectivity index (χ2n) is 15.5. The van der Waals surface area contributed by atoms with E-state index < -0.39 is 0 Å². The molecule has 2 nitrogen and oxygen atoms in total. The molecule has 9 aromatic carbocycles. The molecule has 2 aromatic heterocycles. The average Bonchev–Trinajstić information content (AvgIpc) is 3.63. The summed E-state index contributed by atoms with van der Waals surface area (Å²) in [4.78, 5) is 0. The Balaban J connectivity index is 1.31. The van der Waals surface area contributed by atoms with Crippen LogP contribution in [0, 0.1) is 27.7 Å². The molecule has 0 spiro atoms. The lowest BCUT2D eigenvalue weighted by Gasteiger charge is -2.20. The smallest absolute Gasteiger partial charge is 0.0540 e. The van der Waals surface area contributed by atoms with Gasteiger partial charge in [0.05, 0.1) is 11.0 Å². The van der Waals surface area contributed by atoms with Crippen molar-refractivity contribution >= 4 is 64.9 Å². The van der Waals surface area contributed by atoms with Gasteiger partial charge >= 0.3 is 0 Å². The van der Waals surface area contributed by atoms with Crippen LogP contribution in [0.5, 0.6) is 0 Å². The Kier molecular flexibility index (Phi) is 7.15. The van der Waals surface area contributed by atoms with Crippen LogP contribution in [0.15, 0.2) is 170 Å². The van der Waals surface area contributed by atoms with E-state index in [1.807, 2.05) is 0 Å². The van der Waals surface area contributed by atoms with Crippen LogP contribution in [-0.4, -0.2) is 9.13 Å². The van der Waals surface area contributed by atoms with Crippen molar-refractivity contribution in [3.63, 3.8) is 0 Å². The van der Waals surface area contributed by atoms with Crippen molar-refractivity contribution in [3.05, 3.63) is 192 Å². The topological polar surface area (TPSA) is 9.86 Å². The highest BCUT2D eigenvalue weighted by Gasteiger charge is 2.23. The zero-order valence-corrected chi connectivity index (χ0v) is 32.1. The summed E-state index contributed by atoms with van der Waals surface area (Å²) in [5.41, 5.74) is 15.0. The Labute approximate surface area is 326 Å². The van der Waals surface area contributed by atoms with Gasteiger partial charge in [-0.25, -0.2) is 0 Å². The van der Waals surface area contributed by atoms with Crippen molar-refractivity contribution in [3.8, 4) is 33.6 Å². The molecule has 56 heavy (non-hydrogen) atoms. The maximum absolute atomic E-state index is 2.49. The molecule has 0 aliphatic carbocycles. The van der Waals surface area contributed by atoms with E-state index >= 15 is 0 Å². The molecule has 266 valence electrons. The number of hydrogen-bond acceptors (Lipinski definition) is 0. The summed E-state index contributed by atoms with van der Waals surface area (Å²) in [7, 11) is 0. The molecule has 0 N–H and O–H groups in total. The molecule has 11 rings (SSSR count). The lowest BCUT2D eigenvalue weighted by molar-refractivity contribution is 1.04. The monoisotopic (exact) mass is 716 g/mol. The maximum Gasteiger partial charge on any atom is 0.0540 e.